The first-order valence-electron chi connectivity index (χ1n) is 6.81. The van der Waals surface area contributed by atoms with Crippen molar-refractivity contribution in [1.82, 2.24) is 14.9 Å². The molecule has 0 bridgehead atoms. The topological polar surface area (TPSA) is 29.9 Å². The molecule has 1 saturated heterocycles. The maximum Gasteiger partial charge on any atom is 0.109 e. The maximum absolute atomic E-state index is 4.80. The first-order chi connectivity index (χ1) is 8.65. The molecule has 0 unspecified atom stereocenters. The van der Waals surface area contributed by atoms with Crippen LogP contribution in [0.5, 0.6) is 0 Å². The Bertz CT molecular complexity index is 564. The van der Waals surface area contributed by atoms with Gasteiger partial charge in [0.2, 0.25) is 0 Å². The van der Waals surface area contributed by atoms with Gasteiger partial charge in [-0.2, -0.15) is 0 Å². The molecule has 1 fully saturated rings. The van der Waals surface area contributed by atoms with Crippen molar-refractivity contribution < 1.29 is 0 Å². The Hall–Kier alpha value is -1.35. The molecule has 1 N–H and O–H groups in total. The highest BCUT2D eigenvalue weighted by Crippen LogP contribution is 2.25. The zero-order valence-corrected chi connectivity index (χ0v) is 11.4. The largest absolute Gasteiger partial charge is 0.331 e. The summed E-state index contributed by atoms with van der Waals surface area (Å²) >= 11 is 0. The lowest BCUT2D eigenvalue weighted by Gasteiger charge is -2.27. The van der Waals surface area contributed by atoms with Crippen molar-refractivity contribution in [3.63, 3.8) is 0 Å². The number of aromatic nitrogens is 2. The van der Waals surface area contributed by atoms with E-state index in [4.69, 9.17) is 4.98 Å². The molecule has 0 radical (unpaired) electrons. The highest BCUT2D eigenvalue weighted by molar-refractivity contribution is 5.77. The van der Waals surface area contributed by atoms with Gasteiger partial charge in [-0.05, 0) is 23.6 Å². The lowest BCUT2D eigenvalue weighted by atomic mass is 9.93. The summed E-state index contributed by atoms with van der Waals surface area (Å²) in [7, 11) is 2.12. The Morgan fingerprint density at radius 1 is 1.39 bits per heavy atom. The molecule has 3 nitrogen and oxygen atoms in total. The van der Waals surface area contributed by atoms with Gasteiger partial charge >= 0.3 is 0 Å². The molecule has 0 amide bonds. The third-order valence-electron chi connectivity index (χ3n) is 3.84. The van der Waals surface area contributed by atoms with Crippen LogP contribution in [0.1, 0.15) is 31.2 Å². The summed E-state index contributed by atoms with van der Waals surface area (Å²) in [4.78, 5) is 4.80. The molecular formula is C15H21N3. The van der Waals surface area contributed by atoms with Crippen LogP contribution in [-0.2, 0) is 13.5 Å². The number of hydrogen-bond donors (Lipinski definition) is 1. The number of hydrogen-bond acceptors (Lipinski definition) is 2. The molecule has 1 aromatic heterocycles. The molecule has 1 aromatic carbocycles. The summed E-state index contributed by atoms with van der Waals surface area (Å²) in [5.41, 5.74) is 3.83. The second-order valence-corrected chi connectivity index (χ2v) is 5.79. The lowest BCUT2D eigenvalue weighted by molar-refractivity contribution is 0.448. The van der Waals surface area contributed by atoms with Crippen molar-refractivity contribution in [2.75, 3.05) is 13.1 Å². The van der Waals surface area contributed by atoms with E-state index in [1.807, 2.05) is 0 Å². The van der Waals surface area contributed by atoms with Gasteiger partial charge in [0.05, 0.1) is 11.0 Å². The minimum absolute atomic E-state index is 0.649. The van der Waals surface area contributed by atoms with Gasteiger partial charge < -0.3 is 9.88 Å². The van der Waals surface area contributed by atoms with Crippen LogP contribution >= 0.6 is 0 Å². The second kappa shape index (κ2) is 4.39. The monoisotopic (exact) mass is 243 g/mol. The average molecular weight is 243 g/mol. The van der Waals surface area contributed by atoms with Crippen LogP contribution in [0, 0.1) is 5.92 Å². The van der Waals surface area contributed by atoms with Gasteiger partial charge in [0.15, 0.2) is 0 Å². The number of benzene rings is 1. The molecule has 0 saturated carbocycles. The van der Waals surface area contributed by atoms with E-state index in [-0.39, 0.29) is 0 Å². The molecule has 1 aliphatic heterocycles. The summed E-state index contributed by atoms with van der Waals surface area (Å²) in [6.07, 6.45) is 1.05. The van der Waals surface area contributed by atoms with Crippen LogP contribution in [0.25, 0.3) is 11.0 Å². The van der Waals surface area contributed by atoms with E-state index < -0.39 is 0 Å². The zero-order chi connectivity index (χ0) is 12.7. The molecule has 0 atom stereocenters. The van der Waals surface area contributed by atoms with E-state index >= 15 is 0 Å². The number of imidazole rings is 1. The molecule has 0 spiro atoms. The number of fused-ring (bicyclic) bond motifs is 1. The van der Waals surface area contributed by atoms with Crippen molar-refractivity contribution >= 4 is 11.0 Å². The van der Waals surface area contributed by atoms with E-state index in [2.05, 4.69) is 49.0 Å². The number of aryl methyl sites for hydroxylation is 1. The van der Waals surface area contributed by atoms with Crippen molar-refractivity contribution in [2.45, 2.75) is 26.2 Å². The van der Waals surface area contributed by atoms with Gasteiger partial charge in [0.1, 0.15) is 5.82 Å². The van der Waals surface area contributed by atoms with Crippen molar-refractivity contribution in [1.29, 1.82) is 0 Å². The number of nitrogens with one attached hydrogen (secondary N) is 1. The predicted octanol–water partition coefficient (Wildman–Crippen LogP) is 2.46. The molecule has 0 aliphatic carbocycles. The highest BCUT2D eigenvalue weighted by Gasteiger charge is 2.19. The molecule has 3 heteroatoms. The lowest BCUT2D eigenvalue weighted by Crippen LogP contribution is -2.39. The summed E-state index contributed by atoms with van der Waals surface area (Å²) in [5.74, 6) is 2.53. The van der Waals surface area contributed by atoms with Crippen LogP contribution < -0.4 is 5.32 Å². The third-order valence-corrected chi connectivity index (χ3v) is 3.84. The van der Waals surface area contributed by atoms with E-state index in [0.29, 0.717) is 11.8 Å². The summed E-state index contributed by atoms with van der Waals surface area (Å²) in [6.45, 7) is 6.70. The Balaban J connectivity index is 2.00. The summed E-state index contributed by atoms with van der Waals surface area (Å²) < 4.78 is 2.23. The number of nitrogens with zero attached hydrogens (tertiary/aromatic N) is 2. The van der Waals surface area contributed by atoms with Crippen LogP contribution in [0.4, 0.5) is 0 Å². The van der Waals surface area contributed by atoms with Crippen LogP contribution in [-0.4, -0.2) is 22.6 Å². The van der Waals surface area contributed by atoms with Crippen molar-refractivity contribution in [3.8, 4) is 0 Å². The fourth-order valence-corrected chi connectivity index (χ4v) is 2.59. The van der Waals surface area contributed by atoms with E-state index in [1.54, 1.807) is 0 Å². The Kier molecular flexibility index (Phi) is 2.86. The molecule has 96 valence electrons. The third kappa shape index (κ3) is 1.93. The molecule has 1 aliphatic rings. The van der Waals surface area contributed by atoms with Crippen LogP contribution in [0.2, 0.25) is 0 Å². The van der Waals surface area contributed by atoms with E-state index in [0.717, 1.165) is 25.0 Å². The van der Waals surface area contributed by atoms with Gasteiger partial charge in [-0.3, -0.25) is 0 Å². The van der Waals surface area contributed by atoms with Crippen LogP contribution in [0.15, 0.2) is 18.2 Å². The van der Waals surface area contributed by atoms with Gasteiger partial charge in [-0.15, -0.1) is 0 Å². The highest BCUT2D eigenvalue weighted by atomic mass is 15.1. The predicted molar refractivity (Wildman–Crippen MR) is 74.9 cm³/mol. The Morgan fingerprint density at radius 2 is 2.17 bits per heavy atom. The van der Waals surface area contributed by atoms with Gasteiger partial charge in [-0.1, -0.05) is 19.9 Å². The van der Waals surface area contributed by atoms with Gasteiger partial charge in [0.25, 0.3) is 0 Å². The average Bonchev–Trinajstić information content (AvgIpc) is 2.52. The number of rotatable bonds is 3. The first-order valence-corrected chi connectivity index (χ1v) is 6.81. The summed E-state index contributed by atoms with van der Waals surface area (Å²) in [6, 6.07) is 6.75. The van der Waals surface area contributed by atoms with Crippen molar-refractivity contribution in [2.24, 2.45) is 13.0 Å². The minimum atomic E-state index is 0.649. The maximum atomic E-state index is 4.80. The van der Waals surface area contributed by atoms with E-state index in [1.165, 1.54) is 16.9 Å². The zero-order valence-electron chi connectivity index (χ0n) is 11.4. The van der Waals surface area contributed by atoms with Gasteiger partial charge in [0, 0.05) is 32.5 Å². The smallest absolute Gasteiger partial charge is 0.109 e. The quantitative estimate of drug-likeness (QED) is 0.897. The molecule has 2 heterocycles. The fourth-order valence-electron chi connectivity index (χ4n) is 2.59. The van der Waals surface area contributed by atoms with E-state index in [9.17, 15) is 0 Å². The SMILES string of the molecule is CC(C)Cc1nc2cc(C3CNC3)ccc2n1C. The summed E-state index contributed by atoms with van der Waals surface area (Å²) in [5, 5.41) is 3.32. The second-order valence-electron chi connectivity index (χ2n) is 5.79. The molecule has 2 aromatic rings. The van der Waals surface area contributed by atoms with Crippen LogP contribution in [0.3, 0.4) is 0 Å². The molecule has 18 heavy (non-hydrogen) atoms. The van der Waals surface area contributed by atoms with Gasteiger partial charge in [-0.25, -0.2) is 4.98 Å². The normalized spacial score (nSPS) is 16.4. The Labute approximate surface area is 108 Å². The first kappa shape index (κ1) is 11.7. The minimum Gasteiger partial charge on any atom is -0.331 e. The molecule has 3 rings (SSSR count). The standard InChI is InChI=1S/C15H21N3/c1-10(2)6-15-17-13-7-11(12-8-16-9-12)4-5-14(13)18(15)3/h4-5,7,10,12,16H,6,8-9H2,1-3H3. The Morgan fingerprint density at radius 3 is 2.78 bits per heavy atom. The fraction of sp³-hybridized carbons (Fsp3) is 0.533. The molecular weight excluding hydrogens is 222 g/mol. The van der Waals surface area contributed by atoms with Crippen molar-refractivity contribution in [3.05, 3.63) is 29.6 Å².